The molecule has 0 unspecified atom stereocenters. The van der Waals surface area contributed by atoms with Gasteiger partial charge >= 0.3 is 5.97 Å². The van der Waals surface area contributed by atoms with E-state index in [0.29, 0.717) is 18.5 Å². The molecule has 1 aromatic carbocycles. The van der Waals surface area contributed by atoms with E-state index >= 15 is 0 Å². The average Bonchev–Trinajstić information content (AvgIpc) is 2.53. The summed E-state index contributed by atoms with van der Waals surface area (Å²) in [6.45, 7) is 3.76. The smallest absolute Gasteiger partial charge is 0.327 e. The van der Waals surface area contributed by atoms with Crippen LogP contribution in [0.1, 0.15) is 36.2 Å². The molecule has 0 saturated heterocycles. The van der Waals surface area contributed by atoms with E-state index in [-0.39, 0.29) is 25.5 Å². The Labute approximate surface area is 156 Å². The van der Waals surface area contributed by atoms with Gasteiger partial charge in [-0.3, -0.25) is 9.59 Å². The molecule has 0 fully saturated rings. The number of carbonyl (C=O) groups excluding carboxylic acids is 2. The van der Waals surface area contributed by atoms with Crippen molar-refractivity contribution < 1.29 is 22.7 Å². The fourth-order valence-electron chi connectivity index (χ4n) is 2.79. The van der Waals surface area contributed by atoms with Crippen LogP contribution in [0, 0.1) is 0 Å². The molecule has 0 saturated carbocycles. The largest absolute Gasteiger partial charge is 0.465 e. The molecule has 0 aromatic heterocycles. The lowest BCUT2D eigenvalue weighted by Crippen LogP contribution is -2.48. The maximum Gasteiger partial charge on any atom is 0.327 e. The first-order valence-electron chi connectivity index (χ1n) is 8.04. The summed E-state index contributed by atoms with van der Waals surface area (Å²) in [7, 11) is -3.69. The zero-order chi connectivity index (χ0) is 18.8. The molecule has 1 heterocycles. The van der Waals surface area contributed by atoms with Gasteiger partial charge in [-0.05, 0) is 50.5 Å². The van der Waals surface area contributed by atoms with Crippen LogP contribution in [0.4, 0.5) is 0 Å². The minimum Gasteiger partial charge on any atom is -0.465 e. The molecule has 6 nitrogen and oxygen atoms in total. The topological polar surface area (TPSA) is 80.8 Å². The van der Waals surface area contributed by atoms with Crippen molar-refractivity contribution in [3.63, 3.8) is 0 Å². The zero-order valence-electron chi connectivity index (χ0n) is 14.5. The number of hydrogen-bond donors (Lipinski definition) is 0. The Morgan fingerprint density at radius 2 is 2.08 bits per heavy atom. The van der Waals surface area contributed by atoms with Crippen molar-refractivity contribution >= 4 is 37.6 Å². The highest BCUT2D eigenvalue weighted by atomic mass is 79.9. The number of amides is 1. The summed E-state index contributed by atoms with van der Waals surface area (Å²) in [5, 5.41) is 0. The SMILES string of the molecule is CCOC(=O)[C@@](C)(CCN1CCc2cc(Br)ccc2C1=O)S(C)(=O)=O. The van der Waals surface area contributed by atoms with Crippen molar-refractivity contribution in [1.82, 2.24) is 4.90 Å². The highest BCUT2D eigenvalue weighted by Crippen LogP contribution is 2.27. The lowest BCUT2D eigenvalue weighted by molar-refractivity contribution is -0.146. The van der Waals surface area contributed by atoms with Crippen molar-refractivity contribution in [1.29, 1.82) is 0 Å². The Balaban J connectivity index is 2.18. The van der Waals surface area contributed by atoms with Crippen LogP contribution in [0.25, 0.3) is 0 Å². The van der Waals surface area contributed by atoms with E-state index in [1.54, 1.807) is 24.0 Å². The summed E-state index contributed by atoms with van der Waals surface area (Å²) in [6.07, 6.45) is 1.71. The molecule has 25 heavy (non-hydrogen) atoms. The summed E-state index contributed by atoms with van der Waals surface area (Å²) in [5.41, 5.74) is 1.58. The highest BCUT2D eigenvalue weighted by Gasteiger charge is 2.45. The van der Waals surface area contributed by atoms with E-state index in [1.165, 1.54) is 6.92 Å². The van der Waals surface area contributed by atoms with Crippen LogP contribution in [-0.2, 0) is 25.8 Å². The maximum atomic E-state index is 12.6. The molecule has 0 bridgehead atoms. The molecule has 0 N–H and O–H groups in total. The number of ether oxygens (including phenoxy) is 1. The van der Waals surface area contributed by atoms with Crippen LogP contribution in [0.3, 0.4) is 0 Å². The van der Waals surface area contributed by atoms with E-state index in [0.717, 1.165) is 16.3 Å². The van der Waals surface area contributed by atoms with Crippen molar-refractivity contribution in [2.75, 3.05) is 26.0 Å². The Bertz CT molecular complexity index is 792. The van der Waals surface area contributed by atoms with Crippen LogP contribution in [-0.4, -0.2) is 55.9 Å². The van der Waals surface area contributed by atoms with E-state index < -0.39 is 20.6 Å². The lowest BCUT2D eigenvalue weighted by Gasteiger charge is -2.32. The second-order valence-electron chi connectivity index (χ2n) is 6.32. The zero-order valence-corrected chi connectivity index (χ0v) is 16.9. The maximum absolute atomic E-state index is 12.6. The van der Waals surface area contributed by atoms with Crippen LogP contribution in [0.5, 0.6) is 0 Å². The molecule has 2 rings (SSSR count). The fourth-order valence-corrected chi connectivity index (χ4v) is 4.02. The first kappa shape index (κ1) is 19.9. The highest BCUT2D eigenvalue weighted by molar-refractivity contribution is 9.10. The van der Waals surface area contributed by atoms with Gasteiger partial charge in [-0.25, -0.2) is 8.42 Å². The van der Waals surface area contributed by atoms with Gasteiger partial charge < -0.3 is 9.64 Å². The summed E-state index contributed by atoms with van der Waals surface area (Å²) in [5.74, 6) is -0.917. The van der Waals surface area contributed by atoms with Crippen molar-refractivity contribution in [2.45, 2.75) is 31.4 Å². The summed E-state index contributed by atoms with van der Waals surface area (Å²) >= 11 is 3.39. The van der Waals surface area contributed by atoms with Gasteiger partial charge in [-0.1, -0.05) is 15.9 Å². The fraction of sp³-hybridized carbons (Fsp3) is 0.529. The third-order valence-corrected chi connectivity index (χ3v) is 7.12. The van der Waals surface area contributed by atoms with Gasteiger partial charge in [0.05, 0.1) is 6.61 Å². The first-order valence-corrected chi connectivity index (χ1v) is 10.7. The quantitative estimate of drug-likeness (QED) is 0.644. The van der Waals surface area contributed by atoms with Gasteiger partial charge in [0, 0.05) is 29.4 Å². The number of halogens is 1. The van der Waals surface area contributed by atoms with Gasteiger partial charge in [0.15, 0.2) is 14.6 Å². The lowest BCUT2D eigenvalue weighted by atomic mass is 9.98. The molecule has 8 heteroatoms. The Kier molecular flexibility index (Phi) is 5.93. The van der Waals surface area contributed by atoms with E-state index in [9.17, 15) is 18.0 Å². The summed E-state index contributed by atoms with van der Waals surface area (Å²) < 4.78 is 28.5. The van der Waals surface area contributed by atoms with Gasteiger partial charge in [-0.2, -0.15) is 0 Å². The number of nitrogens with zero attached hydrogens (tertiary/aromatic N) is 1. The second kappa shape index (κ2) is 7.45. The minimum atomic E-state index is -3.69. The Hall–Kier alpha value is -1.41. The van der Waals surface area contributed by atoms with Crippen LogP contribution < -0.4 is 0 Å². The van der Waals surface area contributed by atoms with E-state index in [4.69, 9.17) is 4.74 Å². The summed E-state index contributed by atoms with van der Waals surface area (Å²) in [6, 6.07) is 5.48. The van der Waals surface area contributed by atoms with Crippen LogP contribution in [0.2, 0.25) is 0 Å². The van der Waals surface area contributed by atoms with Gasteiger partial charge in [0.25, 0.3) is 5.91 Å². The average molecular weight is 432 g/mol. The number of hydrogen-bond acceptors (Lipinski definition) is 5. The number of esters is 1. The van der Waals surface area contributed by atoms with Crippen molar-refractivity contribution in [2.24, 2.45) is 0 Å². The van der Waals surface area contributed by atoms with Crippen molar-refractivity contribution in [3.05, 3.63) is 33.8 Å². The molecule has 0 aliphatic carbocycles. The summed E-state index contributed by atoms with van der Waals surface area (Å²) in [4.78, 5) is 26.4. The van der Waals surface area contributed by atoms with Gasteiger partial charge in [0.2, 0.25) is 0 Å². The minimum absolute atomic E-state index is 0.00225. The third-order valence-electron chi connectivity index (χ3n) is 4.62. The number of fused-ring (bicyclic) bond motifs is 1. The monoisotopic (exact) mass is 431 g/mol. The molecule has 1 aliphatic rings. The molecule has 0 radical (unpaired) electrons. The van der Waals surface area contributed by atoms with Crippen molar-refractivity contribution in [3.8, 4) is 0 Å². The predicted molar refractivity (Wildman–Crippen MR) is 98.2 cm³/mol. The normalized spacial score (nSPS) is 17.0. The molecular formula is C17H22BrNO5S. The van der Waals surface area contributed by atoms with Crippen LogP contribution >= 0.6 is 15.9 Å². The first-order chi connectivity index (χ1) is 11.6. The second-order valence-corrected chi connectivity index (χ2v) is 9.68. The molecule has 1 atom stereocenters. The molecule has 1 aliphatic heterocycles. The third kappa shape index (κ3) is 4.06. The Morgan fingerprint density at radius 1 is 1.40 bits per heavy atom. The predicted octanol–water partition coefficient (Wildman–Crippen LogP) is 2.20. The van der Waals surface area contributed by atoms with Crippen LogP contribution in [0.15, 0.2) is 22.7 Å². The Morgan fingerprint density at radius 3 is 2.68 bits per heavy atom. The van der Waals surface area contributed by atoms with Gasteiger partial charge in [0.1, 0.15) is 0 Å². The van der Waals surface area contributed by atoms with Gasteiger partial charge in [-0.15, -0.1) is 0 Å². The number of benzene rings is 1. The number of rotatable bonds is 6. The molecule has 0 spiro atoms. The standard InChI is InChI=1S/C17H22BrNO5S/c1-4-24-16(21)17(2,25(3,22)23)8-10-19-9-7-12-11-13(18)5-6-14(12)15(19)20/h5-6,11H,4,7-10H2,1-3H3/t17-/m1/s1. The molecule has 138 valence electrons. The molecule has 1 aromatic rings. The van der Waals surface area contributed by atoms with E-state index in [1.807, 2.05) is 6.07 Å². The molecule has 1 amide bonds. The number of carbonyl (C=O) groups is 2. The van der Waals surface area contributed by atoms with E-state index in [2.05, 4.69) is 15.9 Å². The molecular weight excluding hydrogens is 410 g/mol. The number of sulfone groups is 1.